The van der Waals surface area contributed by atoms with E-state index in [-0.39, 0.29) is 12.5 Å². The molecule has 0 spiro atoms. The van der Waals surface area contributed by atoms with Crippen LogP contribution in [0.25, 0.3) is 0 Å². The summed E-state index contributed by atoms with van der Waals surface area (Å²) in [6.45, 7) is 5.31. The highest BCUT2D eigenvalue weighted by atomic mass is 19.1. The molecule has 0 aliphatic heterocycles. The molecule has 0 aromatic heterocycles. The van der Waals surface area contributed by atoms with Gasteiger partial charge >= 0.3 is 0 Å². The van der Waals surface area contributed by atoms with E-state index in [1.165, 1.54) is 12.1 Å². The molecule has 0 aliphatic rings. The van der Waals surface area contributed by atoms with Crippen molar-refractivity contribution < 1.29 is 13.9 Å². The fraction of sp³-hybridized carbons (Fsp3) is 0.571. The maximum absolute atomic E-state index is 13.5. The molecule has 2 nitrogen and oxygen atoms in total. The number of aliphatic hydroxyl groups is 1. The van der Waals surface area contributed by atoms with Crippen LogP contribution >= 0.6 is 0 Å². The first-order chi connectivity index (χ1) is 8.43. The minimum absolute atomic E-state index is 0.119. The van der Waals surface area contributed by atoms with Gasteiger partial charge in [-0.15, -0.1) is 0 Å². The third kappa shape index (κ3) is 4.35. The zero-order valence-electron chi connectivity index (χ0n) is 11.2. The van der Waals surface area contributed by atoms with Gasteiger partial charge in [0.15, 0.2) is 0 Å². The van der Waals surface area contributed by atoms with Gasteiger partial charge in [-0.3, -0.25) is 0 Å². The number of halogens is 2. The average Bonchev–Trinajstić information content (AvgIpc) is 2.29. The normalized spacial score (nSPS) is 13.3. The summed E-state index contributed by atoms with van der Waals surface area (Å²) in [5.74, 6) is -0.546. The van der Waals surface area contributed by atoms with Crippen LogP contribution in [0.15, 0.2) is 18.2 Å². The molecule has 18 heavy (non-hydrogen) atoms. The molecule has 1 rings (SSSR count). The smallest absolute Gasteiger partial charge is 0.130 e. The standard InChI is InChI=1S/C14H21F2NO/c1-10(2)12(9-18)8-17(3)7-11-4-5-13(15)6-14(11)16/h4-6,10,12,18H,7-9H2,1-3H3. The van der Waals surface area contributed by atoms with Crippen LogP contribution in [-0.4, -0.2) is 30.2 Å². The van der Waals surface area contributed by atoms with E-state index in [1.54, 1.807) is 0 Å². The third-order valence-corrected chi connectivity index (χ3v) is 3.18. The van der Waals surface area contributed by atoms with E-state index in [0.717, 1.165) is 6.07 Å². The Kier molecular flexibility index (Phi) is 5.69. The highest BCUT2D eigenvalue weighted by Crippen LogP contribution is 2.15. The Hall–Kier alpha value is -1.00. The van der Waals surface area contributed by atoms with Crippen molar-refractivity contribution in [2.45, 2.75) is 20.4 Å². The first-order valence-electron chi connectivity index (χ1n) is 6.17. The zero-order valence-corrected chi connectivity index (χ0v) is 11.2. The topological polar surface area (TPSA) is 23.5 Å². The van der Waals surface area contributed by atoms with Crippen LogP contribution in [0, 0.1) is 23.5 Å². The summed E-state index contributed by atoms with van der Waals surface area (Å²) in [5.41, 5.74) is 0.472. The van der Waals surface area contributed by atoms with E-state index in [4.69, 9.17) is 0 Å². The van der Waals surface area contributed by atoms with Gasteiger partial charge in [0.25, 0.3) is 0 Å². The molecule has 0 amide bonds. The Labute approximate surface area is 107 Å². The molecule has 0 bridgehead atoms. The van der Waals surface area contributed by atoms with E-state index >= 15 is 0 Å². The number of hydrogen-bond donors (Lipinski definition) is 1. The van der Waals surface area contributed by atoms with Crippen molar-refractivity contribution in [2.75, 3.05) is 20.2 Å². The van der Waals surface area contributed by atoms with Crippen LogP contribution in [0.3, 0.4) is 0 Å². The highest BCUT2D eigenvalue weighted by Gasteiger charge is 2.15. The summed E-state index contributed by atoms with van der Waals surface area (Å²) in [6, 6.07) is 3.62. The molecule has 4 heteroatoms. The van der Waals surface area contributed by atoms with Gasteiger partial charge in [-0.25, -0.2) is 8.78 Å². The molecular weight excluding hydrogens is 236 g/mol. The molecule has 0 heterocycles. The van der Waals surface area contributed by atoms with Crippen LogP contribution in [0.2, 0.25) is 0 Å². The quantitative estimate of drug-likeness (QED) is 0.847. The Morgan fingerprint density at radius 3 is 2.44 bits per heavy atom. The average molecular weight is 257 g/mol. The van der Waals surface area contributed by atoms with Gasteiger partial charge in [0.1, 0.15) is 11.6 Å². The monoisotopic (exact) mass is 257 g/mol. The van der Waals surface area contributed by atoms with Gasteiger partial charge in [-0.1, -0.05) is 19.9 Å². The lowest BCUT2D eigenvalue weighted by Gasteiger charge is -2.25. The fourth-order valence-corrected chi connectivity index (χ4v) is 1.88. The Balaban J connectivity index is 2.61. The molecule has 0 radical (unpaired) electrons. The number of rotatable bonds is 6. The molecule has 1 aromatic carbocycles. The molecule has 0 saturated carbocycles. The molecule has 102 valence electrons. The number of hydrogen-bond acceptors (Lipinski definition) is 2. The van der Waals surface area contributed by atoms with E-state index < -0.39 is 11.6 Å². The van der Waals surface area contributed by atoms with Crippen LogP contribution in [0.5, 0.6) is 0 Å². The van der Waals surface area contributed by atoms with Crippen LogP contribution in [-0.2, 0) is 6.54 Å². The van der Waals surface area contributed by atoms with Gasteiger partial charge in [0.05, 0.1) is 0 Å². The molecule has 0 saturated heterocycles. The molecule has 0 fully saturated rings. The van der Waals surface area contributed by atoms with Crippen molar-refractivity contribution in [3.63, 3.8) is 0 Å². The molecule has 0 aliphatic carbocycles. The maximum Gasteiger partial charge on any atom is 0.130 e. The highest BCUT2D eigenvalue weighted by molar-refractivity contribution is 5.18. The predicted octanol–water partition coefficient (Wildman–Crippen LogP) is 2.66. The van der Waals surface area contributed by atoms with Crippen molar-refractivity contribution in [1.82, 2.24) is 4.90 Å². The summed E-state index contributed by atoms with van der Waals surface area (Å²) in [4.78, 5) is 1.94. The minimum atomic E-state index is -0.561. The third-order valence-electron chi connectivity index (χ3n) is 3.18. The summed E-state index contributed by atoms with van der Waals surface area (Å²) in [6.07, 6.45) is 0. The lowest BCUT2D eigenvalue weighted by molar-refractivity contribution is 0.143. The predicted molar refractivity (Wildman–Crippen MR) is 68.1 cm³/mol. The molecular formula is C14H21F2NO. The lowest BCUT2D eigenvalue weighted by Crippen LogP contribution is -2.30. The molecule has 1 atom stereocenters. The van der Waals surface area contributed by atoms with Gasteiger partial charge in [0, 0.05) is 31.3 Å². The van der Waals surface area contributed by atoms with E-state index in [9.17, 15) is 13.9 Å². The fourth-order valence-electron chi connectivity index (χ4n) is 1.88. The summed E-state index contributed by atoms with van der Waals surface area (Å²) >= 11 is 0. The zero-order chi connectivity index (χ0) is 13.7. The SMILES string of the molecule is CC(C)C(CO)CN(C)Cc1ccc(F)cc1F. The number of nitrogens with zero attached hydrogens (tertiary/aromatic N) is 1. The van der Waals surface area contributed by atoms with Crippen molar-refractivity contribution in [1.29, 1.82) is 0 Å². The largest absolute Gasteiger partial charge is 0.396 e. The van der Waals surface area contributed by atoms with Crippen LogP contribution < -0.4 is 0 Å². The summed E-state index contributed by atoms with van der Waals surface area (Å²) in [5, 5.41) is 9.25. The van der Waals surface area contributed by atoms with Crippen LogP contribution in [0.1, 0.15) is 19.4 Å². The van der Waals surface area contributed by atoms with Gasteiger partial charge in [-0.05, 0) is 24.9 Å². The van der Waals surface area contributed by atoms with Crippen LogP contribution in [0.4, 0.5) is 8.78 Å². The Morgan fingerprint density at radius 1 is 1.28 bits per heavy atom. The van der Waals surface area contributed by atoms with Crippen molar-refractivity contribution >= 4 is 0 Å². The number of benzene rings is 1. The molecule has 1 N–H and O–H groups in total. The van der Waals surface area contributed by atoms with Gasteiger partial charge in [0.2, 0.25) is 0 Å². The Morgan fingerprint density at radius 2 is 1.94 bits per heavy atom. The second-order valence-electron chi connectivity index (χ2n) is 5.12. The van der Waals surface area contributed by atoms with Gasteiger partial charge in [-0.2, -0.15) is 0 Å². The minimum Gasteiger partial charge on any atom is -0.396 e. The Bertz CT molecular complexity index is 382. The second-order valence-corrected chi connectivity index (χ2v) is 5.12. The first-order valence-corrected chi connectivity index (χ1v) is 6.17. The second kappa shape index (κ2) is 6.81. The van der Waals surface area contributed by atoms with E-state index in [0.29, 0.717) is 24.6 Å². The van der Waals surface area contributed by atoms with E-state index in [1.807, 2.05) is 25.8 Å². The van der Waals surface area contributed by atoms with E-state index in [2.05, 4.69) is 0 Å². The van der Waals surface area contributed by atoms with Crippen molar-refractivity contribution in [3.8, 4) is 0 Å². The summed E-state index contributed by atoms with van der Waals surface area (Å²) < 4.78 is 26.2. The lowest BCUT2D eigenvalue weighted by atomic mass is 9.96. The number of aliphatic hydroxyl groups excluding tert-OH is 1. The first kappa shape index (κ1) is 15.1. The molecule has 1 unspecified atom stereocenters. The van der Waals surface area contributed by atoms with Crippen molar-refractivity contribution in [2.24, 2.45) is 11.8 Å². The molecule has 1 aromatic rings. The van der Waals surface area contributed by atoms with Crippen molar-refractivity contribution in [3.05, 3.63) is 35.4 Å². The van der Waals surface area contributed by atoms with Gasteiger partial charge < -0.3 is 10.0 Å². The summed E-state index contributed by atoms with van der Waals surface area (Å²) in [7, 11) is 1.87. The maximum atomic E-state index is 13.5.